The molecule has 9 heteroatoms. The van der Waals surface area contributed by atoms with Crippen molar-refractivity contribution < 1.29 is 14.7 Å². The molecule has 2 aromatic heterocycles. The SMILES string of the molecule is Cc1ccccc1Cn1cnc(NC(=O)C(C)n2cc(C(=O)O)cn2)n1. The highest BCUT2D eigenvalue weighted by Crippen LogP contribution is 2.11. The first kappa shape index (κ1) is 17.3. The van der Waals surface area contributed by atoms with Gasteiger partial charge >= 0.3 is 5.97 Å². The number of carboxylic acid groups (broad SMARTS) is 1. The van der Waals surface area contributed by atoms with Gasteiger partial charge in [-0.1, -0.05) is 24.3 Å². The van der Waals surface area contributed by atoms with Gasteiger partial charge in [0.05, 0.1) is 18.3 Å². The van der Waals surface area contributed by atoms with Crippen molar-refractivity contribution in [2.45, 2.75) is 26.4 Å². The van der Waals surface area contributed by atoms with Gasteiger partial charge in [-0.3, -0.25) is 14.8 Å². The molecule has 3 rings (SSSR count). The van der Waals surface area contributed by atoms with Gasteiger partial charge in [0.1, 0.15) is 12.4 Å². The average Bonchev–Trinajstić information content (AvgIpc) is 3.26. The summed E-state index contributed by atoms with van der Waals surface area (Å²) in [5.74, 6) is -1.31. The van der Waals surface area contributed by atoms with E-state index in [1.54, 1.807) is 17.9 Å². The number of aryl methyl sites for hydroxylation is 1. The number of amides is 1. The molecule has 2 heterocycles. The summed E-state index contributed by atoms with van der Waals surface area (Å²) in [4.78, 5) is 27.3. The Labute approximate surface area is 149 Å². The fourth-order valence-corrected chi connectivity index (χ4v) is 2.39. The quantitative estimate of drug-likeness (QED) is 0.696. The van der Waals surface area contributed by atoms with Crippen molar-refractivity contribution >= 4 is 17.8 Å². The Morgan fingerprint density at radius 1 is 1.31 bits per heavy atom. The fraction of sp³-hybridized carbons (Fsp3) is 0.235. The van der Waals surface area contributed by atoms with Gasteiger partial charge in [-0.15, -0.1) is 5.10 Å². The number of aromatic carboxylic acids is 1. The summed E-state index contributed by atoms with van der Waals surface area (Å²) in [7, 11) is 0. The Morgan fingerprint density at radius 2 is 2.08 bits per heavy atom. The highest BCUT2D eigenvalue weighted by atomic mass is 16.4. The summed E-state index contributed by atoms with van der Waals surface area (Å²) in [6.07, 6.45) is 4.04. The number of nitrogens with one attached hydrogen (secondary N) is 1. The molecule has 0 aliphatic heterocycles. The summed E-state index contributed by atoms with van der Waals surface area (Å²) in [5.41, 5.74) is 2.28. The third kappa shape index (κ3) is 3.77. The van der Waals surface area contributed by atoms with Gasteiger partial charge in [-0.2, -0.15) is 5.10 Å². The zero-order valence-electron chi connectivity index (χ0n) is 14.3. The van der Waals surface area contributed by atoms with Gasteiger partial charge in [0, 0.05) is 6.20 Å². The van der Waals surface area contributed by atoms with E-state index in [0.717, 1.165) is 11.1 Å². The lowest BCUT2D eigenvalue weighted by atomic mass is 10.1. The Bertz CT molecular complexity index is 945. The maximum atomic E-state index is 12.3. The maximum Gasteiger partial charge on any atom is 0.338 e. The third-order valence-electron chi connectivity index (χ3n) is 3.99. The highest BCUT2D eigenvalue weighted by Gasteiger charge is 2.19. The second kappa shape index (κ2) is 7.18. The molecule has 1 aromatic carbocycles. The average molecular weight is 354 g/mol. The van der Waals surface area contributed by atoms with Gasteiger partial charge < -0.3 is 5.11 Å². The van der Waals surface area contributed by atoms with Crippen molar-refractivity contribution in [1.29, 1.82) is 0 Å². The van der Waals surface area contributed by atoms with Crippen LogP contribution in [0.1, 0.15) is 34.5 Å². The number of carbonyl (C=O) groups is 2. The summed E-state index contributed by atoms with van der Waals surface area (Å²) >= 11 is 0. The number of anilines is 1. The summed E-state index contributed by atoms with van der Waals surface area (Å²) in [6, 6.07) is 7.25. The summed E-state index contributed by atoms with van der Waals surface area (Å²) in [6.45, 7) is 4.18. The van der Waals surface area contributed by atoms with E-state index in [1.165, 1.54) is 17.1 Å². The lowest BCUT2D eigenvalue weighted by Crippen LogP contribution is -2.24. The lowest BCUT2D eigenvalue weighted by Gasteiger charge is -2.10. The van der Waals surface area contributed by atoms with E-state index in [1.807, 2.05) is 31.2 Å². The number of carboxylic acids is 1. The molecule has 26 heavy (non-hydrogen) atoms. The molecule has 0 aliphatic carbocycles. The smallest absolute Gasteiger partial charge is 0.338 e. The number of rotatable bonds is 6. The second-order valence-corrected chi connectivity index (χ2v) is 5.87. The van der Waals surface area contributed by atoms with Gasteiger partial charge in [-0.05, 0) is 25.0 Å². The molecule has 0 fully saturated rings. The Kier molecular flexibility index (Phi) is 4.78. The van der Waals surface area contributed by atoms with Crippen LogP contribution in [0.15, 0.2) is 43.0 Å². The van der Waals surface area contributed by atoms with E-state index in [-0.39, 0.29) is 11.5 Å². The number of hydrogen-bond acceptors (Lipinski definition) is 5. The molecule has 9 nitrogen and oxygen atoms in total. The molecular weight excluding hydrogens is 336 g/mol. The first-order chi connectivity index (χ1) is 12.4. The molecule has 1 atom stereocenters. The standard InChI is InChI=1S/C17H18N6O3/c1-11-5-3-4-6-13(11)8-22-10-18-17(21-22)20-15(24)12(2)23-9-14(7-19-23)16(25)26/h3-7,9-10,12H,8H2,1-2H3,(H,25,26)(H,20,21,24). The second-order valence-electron chi connectivity index (χ2n) is 5.87. The Balaban J connectivity index is 1.65. The van der Waals surface area contributed by atoms with Crippen LogP contribution in [-0.4, -0.2) is 41.5 Å². The number of aromatic nitrogens is 5. The van der Waals surface area contributed by atoms with Crippen LogP contribution in [0, 0.1) is 6.92 Å². The molecule has 0 bridgehead atoms. The molecular formula is C17H18N6O3. The van der Waals surface area contributed by atoms with E-state index in [0.29, 0.717) is 6.54 Å². The maximum absolute atomic E-state index is 12.3. The van der Waals surface area contributed by atoms with Crippen LogP contribution in [0.25, 0.3) is 0 Å². The number of carbonyl (C=O) groups excluding carboxylic acids is 1. The molecule has 1 amide bonds. The van der Waals surface area contributed by atoms with Gasteiger partial charge in [0.2, 0.25) is 5.95 Å². The van der Waals surface area contributed by atoms with Crippen molar-refractivity contribution in [3.63, 3.8) is 0 Å². The highest BCUT2D eigenvalue weighted by molar-refractivity contribution is 5.92. The fourth-order valence-electron chi connectivity index (χ4n) is 2.39. The van der Waals surface area contributed by atoms with Crippen LogP contribution in [0.3, 0.4) is 0 Å². The lowest BCUT2D eigenvalue weighted by molar-refractivity contribution is -0.119. The number of benzene rings is 1. The van der Waals surface area contributed by atoms with Crippen LogP contribution < -0.4 is 5.32 Å². The van der Waals surface area contributed by atoms with Crippen LogP contribution in [-0.2, 0) is 11.3 Å². The van der Waals surface area contributed by atoms with E-state index in [2.05, 4.69) is 20.5 Å². The topological polar surface area (TPSA) is 115 Å². The van der Waals surface area contributed by atoms with Crippen LogP contribution in [0.4, 0.5) is 5.95 Å². The largest absolute Gasteiger partial charge is 0.478 e. The predicted molar refractivity (Wildman–Crippen MR) is 92.8 cm³/mol. The van der Waals surface area contributed by atoms with Crippen molar-refractivity contribution in [1.82, 2.24) is 24.5 Å². The van der Waals surface area contributed by atoms with Crippen molar-refractivity contribution in [3.05, 3.63) is 59.7 Å². The van der Waals surface area contributed by atoms with Crippen molar-refractivity contribution in [2.75, 3.05) is 5.32 Å². The van der Waals surface area contributed by atoms with E-state index in [4.69, 9.17) is 5.11 Å². The molecule has 1 unspecified atom stereocenters. The molecule has 3 aromatic rings. The van der Waals surface area contributed by atoms with Crippen molar-refractivity contribution in [3.8, 4) is 0 Å². The predicted octanol–water partition coefficient (Wildman–Crippen LogP) is 1.73. The summed E-state index contributed by atoms with van der Waals surface area (Å²) in [5, 5.41) is 19.7. The molecule has 134 valence electrons. The molecule has 0 aliphatic rings. The van der Waals surface area contributed by atoms with E-state index >= 15 is 0 Å². The van der Waals surface area contributed by atoms with Crippen LogP contribution in [0.2, 0.25) is 0 Å². The molecule has 2 N–H and O–H groups in total. The van der Waals surface area contributed by atoms with E-state index < -0.39 is 17.9 Å². The zero-order chi connectivity index (χ0) is 18.7. The molecule has 0 saturated heterocycles. The first-order valence-corrected chi connectivity index (χ1v) is 7.96. The third-order valence-corrected chi connectivity index (χ3v) is 3.99. The minimum Gasteiger partial charge on any atom is -0.478 e. The Hall–Kier alpha value is -3.49. The summed E-state index contributed by atoms with van der Waals surface area (Å²) < 4.78 is 2.92. The zero-order valence-corrected chi connectivity index (χ0v) is 14.3. The minimum atomic E-state index is -1.10. The molecule has 0 spiro atoms. The molecule has 0 radical (unpaired) electrons. The normalized spacial score (nSPS) is 11.9. The van der Waals surface area contributed by atoms with Gasteiger partial charge in [0.15, 0.2) is 0 Å². The monoisotopic (exact) mass is 354 g/mol. The molecule has 0 saturated carbocycles. The van der Waals surface area contributed by atoms with Gasteiger partial charge in [-0.25, -0.2) is 14.5 Å². The first-order valence-electron chi connectivity index (χ1n) is 7.96. The number of hydrogen-bond donors (Lipinski definition) is 2. The number of nitrogens with zero attached hydrogens (tertiary/aromatic N) is 5. The minimum absolute atomic E-state index is 0.0188. The Morgan fingerprint density at radius 3 is 2.77 bits per heavy atom. The van der Waals surface area contributed by atoms with Crippen molar-refractivity contribution in [2.24, 2.45) is 0 Å². The van der Waals surface area contributed by atoms with Crippen LogP contribution >= 0.6 is 0 Å². The van der Waals surface area contributed by atoms with Gasteiger partial charge in [0.25, 0.3) is 5.91 Å². The van der Waals surface area contributed by atoms with Crippen LogP contribution in [0.5, 0.6) is 0 Å². The van der Waals surface area contributed by atoms with E-state index in [9.17, 15) is 9.59 Å².